The number of ether oxygens (including phenoxy) is 1. The fourth-order valence-electron chi connectivity index (χ4n) is 2.09. The molecular formula is C14H16ClN3O3S. The summed E-state index contributed by atoms with van der Waals surface area (Å²) in [6.45, 7) is 0.226. The third-order valence-electron chi connectivity index (χ3n) is 3.14. The van der Waals surface area contributed by atoms with Gasteiger partial charge in [-0.25, -0.2) is 0 Å². The van der Waals surface area contributed by atoms with E-state index in [1.54, 1.807) is 22.8 Å². The van der Waals surface area contributed by atoms with Crippen LogP contribution in [-0.4, -0.2) is 34.4 Å². The zero-order chi connectivity index (χ0) is 16.3. The van der Waals surface area contributed by atoms with E-state index in [-0.39, 0.29) is 23.4 Å². The summed E-state index contributed by atoms with van der Waals surface area (Å²) in [7, 11) is 1.52. The first-order chi connectivity index (χ1) is 10.5. The van der Waals surface area contributed by atoms with Crippen molar-refractivity contribution in [3.05, 3.63) is 44.4 Å². The summed E-state index contributed by atoms with van der Waals surface area (Å²) in [4.78, 5) is 14.3. The molecule has 0 aliphatic rings. The molecule has 2 rings (SSSR count). The third kappa shape index (κ3) is 3.56. The van der Waals surface area contributed by atoms with Crippen LogP contribution >= 0.6 is 23.8 Å². The highest BCUT2D eigenvalue weighted by Crippen LogP contribution is 2.32. The molecule has 0 aliphatic carbocycles. The fourth-order valence-corrected chi connectivity index (χ4v) is 2.54. The third-order valence-corrected chi connectivity index (χ3v) is 3.69. The quantitative estimate of drug-likeness (QED) is 0.717. The number of aliphatic hydroxyl groups is 1. The molecule has 8 heteroatoms. The van der Waals surface area contributed by atoms with Gasteiger partial charge in [0.25, 0.3) is 5.56 Å². The molecule has 118 valence electrons. The number of nitrogens with zero attached hydrogens (tertiary/aromatic N) is 1. The van der Waals surface area contributed by atoms with Crippen molar-refractivity contribution in [3.8, 4) is 17.0 Å². The molecule has 22 heavy (non-hydrogen) atoms. The number of hydrogen-bond donors (Lipinski definition) is 3. The largest absolute Gasteiger partial charge is 0.496 e. The van der Waals surface area contributed by atoms with Crippen LogP contribution in [0.3, 0.4) is 0 Å². The highest BCUT2D eigenvalue weighted by Gasteiger charge is 2.14. The molecular weight excluding hydrogens is 326 g/mol. The van der Waals surface area contributed by atoms with Gasteiger partial charge in [-0.15, -0.1) is 0 Å². The molecule has 0 spiro atoms. The lowest BCUT2D eigenvalue weighted by Gasteiger charge is -2.18. The second-order valence-corrected chi connectivity index (χ2v) is 5.49. The first-order valence-electron chi connectivity index (χ1n) is 6.52. The molecule has 6 nitrogen and oxygen atoms in total. The lowest BCUT2D eigenvalue weighted by atomic mass is 10.1. The molecule has 0 aliphatic heterocycles. The fraction of sp³-hybridized carbons (Fsp3) is 0.286. The van der Waals surface area contributed by atoms with Crippen molar-refractivity contribution in [2.75, 3.05) is 13.7 Å². The zero-order valence-corrected chi connectivity index (χ0v) is 13.4. The zero-order valence-electron chi connectivity index (χ0n) is 11.9. The van der Waals surface area contributed by atoms with Gasteiger partial charge in [0.05, 0.1) is 25.5 Å². The van der Waals surface area contributed by atoms with Crippen LogP contribution in [0.1, 0.15) is 0 Å². The molecule has 1 heterocycles. The molecule has 0 saturated carbocycles. The highest BCUT2D eigenvalue weighted by atomic mass is 35.5. The number of halogens is 1. The number of nitrogens with one attached hydrogen (secondary N) is 1. The van der Waals surface area contributed by atoms with E-state index in [4.69, 9.17) is 34.3 Å². The summed E-state index contributed by atoms with van der Waals surface area (Å²) in [6, 6.07) is 6.44. The number of hydrogen-bond acceptors (Lipinski definition) is 5. The first-order valence-corrected chi connectivity index (χ1v) is 7.31. The van der Waals surface area contributed by atoms with E-state index in [1.807, 2.05) is 0 Å². The Morgan fingerprint density at radius 3 is 2.86 bits per heavy atom. The number of methoxy groups -OCH3 is 1. The van der Waals surface area contributed by atoms with Crippen molar-refractivity contribution in [2.24, 2.45) is 5.73 Å². The van der Waals surface area contributed by atoms with Gasteiger partial charge in [-0.2, -0.15) is 0 Å². The Balaban J connectivity index is 2.71. The minimum Gasteiger partial charge on any atom is -0.496 e. The van der Waals surface area contributed by atoms with Crippen molar-refractivity contribution in [2.45, 2.75) is 12.6 Å². The van der Waals surface area contributed by atoms with Crippen molar-refractivity contribution in [1.82, 2.24) is 9.55 Å². The first kappa shape index (κ1) is 16.7. The summed E-state index contributed by atoms with van der Waals surface area (Å²) in [6.07, 6.45) is -0.790. The van der Waals surface area contributed by atoms with Crippen LogP contribution in [0.15, 0.2) is 29.1 Å². The van der Waals surface area contributed by atoms with Gasteiger partial charge in [-0.05, 0) is 30.4 Å². The SMILES string of the molecule is COc1ccc(Cl)cc1-c1cc(=O)[nH]c(=S)n1C[C@H](O)CN. The van der Waals surface area contributed by atoms with Crippen molar-refractivity contribution < 1.29 is 9.84 Å². The van der Waals surface area contributed by atoms with E-state index < -0.39 is 6.10 Å². The Labute approximate surface area is 137 Å². The van der Waals surface area contributed by atoms with Crippen LogP contribution < -0.4 is 16.0 Å². The summed E-state index contributed by atoms with van der Waals surface area (Å²) in [5.74, 6) is 0.542. The second-order valence-electron chi connectivity index (χ2n) is 4.67. The number of nitrogens with two attached hydrogens (primary N) is 1. The topological polar surface area (TPSA) is 93.3 Å². The Kier molecular flexibility index (Phi) is 5.36. The molecule has 0 amide bonds. The molecule has 0 radical (unpaired) electrons. The number of aromatic nitrogens is 2. The van der Waals surface area contributed by atoms with Gasteiger partial charge in [0, 0.05) is 23.2 Å². The molecule has 2 aromatic rings. The van der Waals surface area contributed by atoms with Gasteiger partial charge >= 0.3 is 0 Å². The van der Waals surface area contributed by atoms with Crippen LogP contribution in [0.4, 0.5) is 0 Å². The van der Waals surface area contributed by atoms with E-state index in [0.29, 0.717) is 22.0 Å². The van der Waals surface area contributed by atoms with E-state index in [0.717, 1.165) is 0 Å². The monoisotopic (exact) mass is 341 g/mol. The predicted octanol–water partition coefficient (Wildman–Crippen LogP) is 1.55. The molecule has 1 aromatic heterocycles. The summed E-state index contributed by atoms with van der Waals surface area (Å²) >= 11 is 11.2. The summed E-state index contributed by atoms with van der Waals surface area (Å²) in [5, 5.41) is 10.3. The van der Waals surface area contributed by atoms with Crippen LogP contribution in [0, 0.1) is 4.77 Å². The second kappa shape index (κ2) is 7.06. The number of H-pyrrole nitrogens is 1. The van der Waals surface area contributed by atoms with Crippen molar-refractivity contribution in [3.63, 3.8) is 0 Å². The highest BCUT2D eigenvalue weighted by molar-refractivity contribution is 7.71. The standard InChI is InChI=1S/C14H16ClN3O3S/c1-21-12-3-2-8(15)4-10(12)11-5-13(20)17-14(22)18(11)7-9(19)6-16/h2-5,9,19H,6-7,16H2,1H3,(H,17,20,22)/t9-/m1/s1. The van der Waals surface area contributed by atoms with Gasteiger partial charge in [-0.1, -0.05) is 11.6 Å². The number of rotatable bonds is 5. The Hall–Kier alpha value is -1.67. The van der Waals surface area contributed by atoms with E-state index in [1.165, 1.54) is 13.2 Å². The van der Waals surface area contributed by atoms with Crippen LogP contribution in [0.2, 0.25) is 5.02 Å². The number of benzene rings is 1. The molecule has 0 fully saturated rings. The summed E-state index contributed by atoms with van der Waals surface area (Å²) in [5.41, 5.74) is 6.22. The molecule has 4 N–H and O–H groups in total. The minimum atomic E-state index is -0.790. The maximum absolute atomic E-state index is 11.8. The van der Waals surface area contributed by atoms with Gasteiger partial charge in [0.1, 0.15) is 5.75 Å². The average molecular weight is 342 g/mol. The lowest BCUT2D eigenvalue weighted by Crippen LogP contribution is -2.27. The van der Waals surface area contributed by atoms with Gasteiger partial charge in [0.15, 0.2) is 4.77 Å². The molecule has 0 saturated heterocycles. The predicted molar refractivity (Wildman–Crippen MR) is 87.9 cm³/mol. The maximum atomic E-state index is 11.8. The Bertz CT molecular complexity index is 788. The lowest BCUT2D eigenvalue weighted by molar-refractivity contribution is 0.161. The van der Waals surface area contributed by atoms with E-state index in [9.17, 15) is 9.90 Å². The molecule has 0 unspecified atom stereocenters. The van der Waals surface area contributed by atoms with Crippen LogP contribution in [0.5, 0.6) is 5.75 Å². The summed E-state index contributed by atoms with van der Waals surface area (Å²) < 4.78 is 7.11. The normalized spacial score (nSPS) is 12.2. The molecule has 1 atom stereocenters. The Morgan fingerprint density at radius 2 is 2.23 bits per heavy atom. The van der Waals surface area contributed by atoms with Crippen molar-refractivity contribution >= 4 is 23.8 Å². The van der Waals surface area contributed by atoms with Gasteiger partial charge in [0.2, 0.25) is 0 Å². The number of aliphatic hydroxyl groups excluding tert-OH is 1. The Morgan fingerprint density at radius 1 is 1.50 bits per heavy atom. The van der Waals surface area contributed by atoms with Gasteiger partial charge < -0.3 is 20.1 Å². The maximum Gasteiger partial charge on any atom is 0.252 e. The van der Waals surface area contributed by atoms with Crippen LogP contribution in [0.25, 0.3) is 11.3 Å². The van der Waals surface area contributed by atoms with E-state index in [2.05, 4.69) is 4.98 Å². The van der Waals surface area contributed by atoms with Crippen molar-refractivity contribution in [1.29, 1.82) is 0 Å². The molecule has 0 bridgehead atoms. The smallest absolute Gasteiger partial charge is 0.252 e. The number of aromatic amines is 1. The molecule has 1 aromatic carbocycles. The minimum absolute atomic E-state index is 0.0764. The van der Waals surface area contributed by atoms with Gasteiger partial charge in [-0.3, -0.25) is 9.78 Å². The van der Waals surface area contributed by atoms with E-state index >= 15 is 0 Å². The average Bonchev–Trinajstić information content (AvgIpc) is 2.49. The van der Waals surface area contributed by atoms with Crippen LogP contribution in [-0.2, 0) is 6.54 Å².